The van der Waals surface area contributed by atoms with Gasteiger partial charge in [0.25, 0.3) is 6.01 Å². The monoisotopic (exact) mass is 288 g/mol. The summed E-state index contributed by atoms with van der Waals surface area (Å²) in [5.41, 5.74) is 2.56. The Morgan fingerprint density at radius 2 is 1.76 bits per heavy atom. The number of hydrogen-bond donors (Lipinski definition) is 1. The van der Waals surface area contributed by atoms with Gasteiger partial charge in [0.2, 0.25) is 0 Å². The molecule has 0 aliphatic rings. The van der Waals surface area contributed by atoms with Crippen LogP contribution in [0.25, 0.3) is 11.1 Å². The molecule has 0 spiro atoms. The summed E-state index contributed by atoms with van der Waals surface area (Å²) in [5.74, 6) is 0. The third-order valence-electron chi connectivity index (χ3n) is 2.41. The van der Waals surface area contributed by atoms with Gasteiger partial charge in [-0.3, -0.25) is 0 Å². The van der Waals surface area contributed by atoms with E-state index >= 15 is 0 Å². The number of aromatic nitrogens is 1. The molecule has 3 aromatic rings. The van der Waals surface area contributed by atoms with Crippen LogP contribution in [0.15, 0.2) is 57.4 Å². The van der Waals surface area contributed by atoms with Gasteiger partial charge < -0.3 is 9.73 Å². The minimum atomic E-state index is 0.498. The first-order valence-electron chi connectivity index (χ1n) is 5.20. The molecule has 0 unspecified atom stereocenters. The van der Waals surface area contributed by atoms with E-state index in [1.807, 2.05) is 48.5 Å². The van der Waals surface area contributed by atoms with Crippen molar-refractivity contribution in [2.45, 2.75) is 0 Å². The van der Waals surface area contributed by atoms with Crippen LogP contribution in [0.1, 0.15) is 0 Å². The van der Waals surface area contributed by atoms with E-state index in [0.717, 1.165) is 21.3 Å². The molecule has 3 rings (SSSR count). The molecule has 17 heavy (non-hydrogen) atoms. The van der Waals surface area contributed by atoms with E-state index < -0.39 is 0 Å². The van der Waals surface area contributed by atoms with Gasteiger partial charge in [-0.2, -0.15) is 4.98 Å². The molecule has 4 heteroatoms. The van der Waals surface area contributed by atoms with Gasteiger partial charge in [-0.25, -0.2) is 0 Å². The molecule has 1 aromatic heterocycles. The van der Waals surface area contributed by atoms with Crippen molar-refractivity contribution in [2.24, 2.45) is 0 Å². The zero-order chi connectivity index (χ0) is 11.7. The number of nitrogens with zero attached hydrogens (tertiary/aromatic N) is 1. The number of anilines is 2. The van der Waals surface area contributed by atoms with Gasteiger partial charge >= 0.3 is 0 Å². The quantitative estimate of drug-likeness (QED) is 0.763. The number of para-hydroxylation sites is 3. The van der Waals surface area contributed by atoms with Gasteiger partial charge in [0.1, 0.15) is 5.52 Å². The number of oxazole rings is 1. The Kier molecular flexibility index (Phi) is 2.57. The Labute approximate surface area is 107 Å². The molecule has 0 bridgehead atoms. The fourth-order valence-corrected chi connectivity index (χ4v) is 1.99. The van der Waals surface area contributed by atoms with Crippen molar-refractivity contribution in [3.8, 4) is 0 Å². The van der Waals surface area contributed by atoms with Crippen molar-refractivity contribution in [1.29, 1.82) is 0 Å². The SMILES string of the molecule is Brc1ccccc1Nc1nc2ccccc2o1. The zero-order valence-electron chi connectivity index (χ0n) is 8.85. The second kappa shape index (κ2) is 4.22. The predicted molar refractivity (Wildman–Crippen MR) is 71.4 cm³/mol. The molecule has 0 aliphatic carbocycles. The lowest BCUT2D eigenvalue weighted by molar-refractivity contribution is 0.623. The molecule has 0 atom stereocenters. The Morgan fingerprint density at radius 1 is 1.00 bits per heavy atom. The molecule has 1 N–H and O–H groups in total. The highest BCUT2D eigenvalue weighted by Gasteiger charge is 2.06. The van der Waals surface area contributed by atoms with Gasteiger partial charge in [-0.05, 0) is 40.2 Å². The summed E-state index contributed by atoms with van der Waals surface area (Å²) in [5, 5.41) is 3.14. The first-order chi connectivity index (χ1) is 8.33. The normalized spacial score (nSPS) is 10.6. The van der Waals surface area contributed by atoms with Crippen LogP contribution in [0, 0.1) is 0 Å². The molecule has 2 aromatic carbocycles. The Balaban J connectivity index is 1.98. The van der Waals surface area contributed by atoms with Crippen LogP contribution >= 0.6 is 15.9 Å². The minimum absolute atomic E-state index is 0.498. The highest BCUT2D eigenvalue weighted by Crippen LogP contribution is 2.26. The average molecular weight is 289 g/mol. The Bertz CT molecular complexity index is 630. The molecule has 3 nitrogen and oxygen atoms in total. The first-order valence-corrected chi connectivity index (χ1v) is 5.99. The van der Waals surface area contributed by atoms with E-state index in [9.17, 15) is 0 Å². The lowest BCUT2D eigenvalue weighted by Gasteiger charge is -2.02. The van der Waals surface area contributed by atoms with E-state index in [-0.39, 0.29) is 0 Å². The minimum Gasteiger partial charge on any atom is -0.423 e. The van der Waals surface area contributed by atoms with Crippen LogP contribution in [0.5, 0.6) is 0 Å². The van der Waals surface area contributed by atoms with Crippen LogP contribution in [-0.2, 0) is 0 Å². The summed E-state index contributed by atoms with van der Waals surface area (Å²) >= 11 is 3.47. The maximum Gasteiger partial charge on any atom is 0.300 e. The standard InChI is InChI=1S/C13H9BrN2O/c14-9-5-1-2-6-10(9)15-13-16-11-7-3-4-8-12(11)17-13/h1-8H,(H,15,16). The Hall–Kier alpha value is -1.81. The number of fused-ring (bicyclic) bond motifs is 1. The van der Waals surface area contributed by atoms with Crippen molar-refractivity contribution in [2.75, 3.05) is 5.32 Å². The predicted octanol–water partition coefficient (Wildman–Crippen LogP) is 4.33. The summed E-state index contributed by atoms with van der Waals surface area (Å²) in [6.07, 6.45) is 0. The van der Waals surface area contributed by atoms with Crippen LogP contribution in [0.2, 0.25) is 0 Å². The van der Waals surface area contributed by atoms with Crippen LogP contribution < -0.4 is 5.32 Å². The van der Waals surface area contributed by atoms with Crippen LogP contribution in [-0.4, -0.2) is 4.98 Å². The number of halogens is 1. The maximum absolute atomic E-state index is 5.58. The highest BCUT2D eigenvalue weighted by molar-refractivity contribution is 9.10. The Morgan fingerprint density at radius 3 is 2.59 bits per heavy atom. The zero-order valence-corrected chi connectivity index (χ0v) is 10.4. The van der Waals surface area contributed by atoms with Crippen molar-refractivity contribution in [3.05, 3.63) is 53.0 Å². The molecule has 0 amide bonds. The second-order valence-electron chi connectivity index (χ2n) is 3.59. The largest absolute Gasteiger partial charge is 0.423 e. The fourth-order valence-electron chi connectivity index (χ4n) is 1.60. The molecule has 0 fully saturated rings. The van der Waals surface area contributed by atoms with E-state index in [1.54, 1.807) is 0 Å². The van der Waals surface area contributed by atoms with Gasteiger partial charge in [-0.1, -0.05) is 24.3 Å². The maximum atomic E-state index is 5.58. The van der Waals surface area contributed by atoms with Crippen molar-refractivity contribution in [3.63, 3.8) is 0 Å². The smallest absolute Gasteiger partial charge is 0.300 e. The van der Waals surface area contributed by atoms with Gasteiger partial charge in [0, 0.05) is 4.47 Å². The van der Waals surface area contributed by atoms with Gasteiger partial charge in [0.15, 0.2) is 5.58 Å². The lowest BCUT2D eigenvalue weighted by atomic mass is 10.3. The number of benzene rings is 2. The average Bonchev–Trinajstić information content (AvgIpc) is 2.74. The summed E-state index contributed by atoms with van der Waals surface area (Å²) in [6, 6.07) is 16.0. The molecule has 0 radical (unpaired) electrons. The number of hydrogen-bond acceptors (Lipinski definition) is 3. The van der Waals surface area contributed by atoms with Gasteiger partial charge in [-0.15, -0.1) is 0 Å². The fraction of sp³-hybridized carbons (Fsp3) is 0. The van der Waals surface area contributed by atoms with Crippen molar-refractivity contribution < 1.29 is 4.42 Å². The second-order valence-corrected chi connectivity index (χ2v) is 4.45. The molecular weight excluding hydrogens is 280 g/mol. The molecule has 0 saturated carbocycles. The van der Waals surface area contributed by atoms with E-state index in [1.165, 1.54) is 0 Å². The summed E-state index contributed by atoms with van der Waals surface area (Å²) in [6.45, 7) is 0. The molecule has 0 saturated heterocycles. The van der Waals surface area contributed by atoms with Crippen LogP contribution in [0.4, 0.5) is 11.7 Å². The third kappa shape index (κ3) is 2.03. The summed E-state index contributed by atoms with van der Waals surface area (Å²) < 4.78 is 6.56. The third-order valence-corrected chi connectivity index (χ3v) is 3.10. The number of nitrogens with one attached hydrogen (secondary N) is 1. The van der Waals surface area contributed by atoms with E-state index in [2.05, 4.69) is 26.2 Å². The van der Waals surface area contributed by atoms with Crippen LogP contribution in [0.3, 0.4) is 0 Å². The molecule has 1 heterocycles. The van der Waals surface area contributed by atoms with E-state index in [4.69, 9.17) is 4.42 Å². The highest BCUT2D eigenvalue weighted by atomic mass is 79.9. The summed E-state index contributed by atoms with van der Waals surface area (Å²) in [7, 11) is 0. The first kappa shape index (κ1) is 10.4. The number of rotatable bonds is 2. The summed E-state index contributed by atoms with van der Waals surface area (Å²) in [4.78, 5) is 4.35. The molecule has 0 aliphatic heterocycles. The van der Waals surface area contributed by atoms with E-state index in [0.29, 0.717) is 6.01 Å². The lowest BCUT2D eigenvalue weighted by Crippen LogP contribution is -1.90. The van der Waals surface area contributed by atoms with Crippen molar-refractivity contribution in [1.82, 2.24) is 4.98 Å². The van der Waals surface area contributed by atoms with Crippen molar-refractivity contribution >= 4 is 38.7 Å². The molecular formula is C13H9BrN2O. The molecule has 84 valence electrons. The van der Waals surface area contributed by atoms with Gasteiger partial charge in [0.05, 0.1) is 5.69 Å². The topological polar surface area (TPSA) is 38.1 Å².